The Balaban J connectivity index is 1.93. The summed E-state index contributed by atoms with van der Waals surface area (Å²) >= 11 is 6.91. The van der Waals surface area contributed by atoms with E-state index in [0.717, 1.165) is 27.3 Å². The van der Waals surface area contributed by atoms with E-state index in [1.54, 1.807) is 0 Å². The van der Waals surface area contributed by atoms with E-state index in [4.69, 9.17) is 17.0 Å². The molecule has 0 saturated carbocycles. The predicted octanol–water partition coefficient (Wildman–Crippen LogP) is 5.33. The van der Waals surface area contributed by atoms with Crippen molar-refractivity contribution in [2.75, 3.05) is 17.7 Å². The molecule has 2 N–H and O–H groups in total. The fraction of sp³-hybridized carbons (Fsp3) is 0.190. The number of thiophene rings is 1. The number of aryl methyl sites for hydroxylation is 3. The van der Waals surface area contributed by atoms with E-state index in [1.165, 1.54) is 18.4 Å². The quantitative estimate of drug-likeness (QED) is 0.447. The SMILES string of the molecule is COC(=O)c1c(NC(=S)Nc2cc(C)cc(C)n2)sc(C)c1-c1ccccc1. The van der Waals surface area contributed by atoms with Crippen molar-refractivity contribution in [1.29, 1.82) is 0 Å². The number of ether oxygens (including phenoxy) is 1. The van der Waals surface area contributed by atoms with Crippen LogP contribution in [0.4, 0.5) is 10.8 Å². The molecule has 28 heavy (non-hydrogen) atoms. The molecule has 3 rings (SSSR count). The van der Waals surface area contributed by atoms with Gasteiger partial charge in [-0.05, 0) is 56.2 Å². The number of rotatable bonds is 4. The zero-order valence-corrected chi connectivity index (χ0v) is 17.8. The molecule has 1 aromatic carbocycles. The number of benzene rings is 1. The first-order chi connectivity index (χ1) is 13.4. The zero-order chi connectivity index (χ0) is 20.3. The highest BCUT2D eigenvalue weighted by atomic mass is 32.1. The number of carbonyl (C=O) groups is 1. The molecule has 144 valence electrons. The molecule has 0 bridgehead atoms. The average Bonchev–Trinajstić information content (AvgIpc) is 2.96. The summed E-state index contributed by atoms with van der Waals surface area (Å²) in [5.74, 6) is 0.254. The lowest BCUT2D eigenvalue weighted by atomic mass is 10.0. The van der Waals surface area contributed by atoms with Gasteiger partial charge in [0.25, 0.3) is 0 Å². The number of methoxy groups -OCH3 is 1. The van der Waals surface area contributed by atoms with Crippen molar-refractivity contribution in [3.8, 4) is 11.1 Å². The monoisotopic (exact) mass is 411 g/mol. The Bertz CT molecular complexity index is 1010. The molecule has 0 atom stereocenters. The Morgan fingerprint density at radius 3 is 2.46 bits per heavy atom. The van der Waals surface area contributed by atoms with Crippen molar-refractivity contribution in [3.05, 3.63) is 64.2 Å². The molecule has 0 amide bonds. The van der Waals surface area contributed by atoms with Crippen LogP contribution >= 0.6 is 23.6 Å². The molecule has 3 aromatic rings. The van der Waals surface area contributed by atoms with Gasteiger partial charge in [0, 0.05) is 16.1 Å². The Kier molecular flexibility index (Phi) is 6.06. The van der Waals surface area contributed by atoms with Crippen LogP contribution in [0.15, 0.2) is 42.5 Å². The fourth-order valence-corrected chi connectivity index (χ4v) is 4.38. The van der Waals surface area contributed by atoms with Crippen molar-refractivity contribution >= 4 is 45.5 Å². The van der Waals surface area contributed by atoms with Gasteiger partial charge in [0.05, 0.1) is 7.11 Å². The number of anilines is 2. The van der Waals surface area contributed by atoms with E-state index in [2.05, 4.69) is 15.6 Å². The van der Waals surface area contributed by atoms with Gasteiger partial charge in [-0.1, -0.05) is 30.3 Å². The summed E-state index contributed by atoms with van der Waals surface area (Å²) in [7, 11) is 1.38. The molecular weight excluding hydrogens is 390 g/mol. The summed E-state index contributed by atoms with van der Waals surface area (Å²) < 4.78 is 5.04. The number of hydrogen-bond donors (Lipinski definition) is 2. The molecule has 0 radical (unpaired) electrons. The van der Waals surface area contributed by atoms with Crippen molar-refractivity contribution < 1.29 is 9.53 Å². The summed E-state index contributed by atoms with van der Waals surface area (Å²) in [5, 5.41) is 7.24. The second-order valence-electron chi connectivity index (χ2n) is 6.35. The van der Waals surface area contributed by atoms with E-state index in [1.807, 2.05) is 63.2 Å². The lowest BCUT2D eigenvalue weighted by molar-refractivity contribution is 0.0603. The Hall–Kier alpha value is -2.77. The summed E-state index contributed by atoms with van der Waals surface area (Å²) in [6.07, 6.45) is 0. The highest BCUT2D eigenvalue weighted by Gasteiger charge is 2.24. The van der Waals surface area contributed by atoms with Gasteiger partial charge in [0.2, 0.25) is 0 Å². The molecule has 0 fully saturated rings. The Labute approximate surface area is 173 Å². The normalized spacial score (nSPS) is 10.4. The highest BCUT2D eigenvalue weighted by Crippen LogP contribution is 2.40. The summed E-state index contributed by atoms with van der Waals surface area (Å²) in [4.78, 5) is 18.0. The first-order valence-electron chi connectivity index (χ1n) is 8.69. The van der Waals surface area contributed by atoms with E-state index < -0.39 is 5.97 Å². The number of hydrogen-bond acceptors (Lipinski definition) is 5. The maximum atomic E-state index is 12.5. The molecule has 2 heterocycles. The van der Waals surface area contributed by atoms with Crippen LogP contribution in [0.2, 0.25) is 0 Å². The van der Waals surface area contributed by atoms with Gasteiger partial charge >= 0.3 is 5.97 Å². The van der Waals surface area contributed by atoms with Crippen LogP contribution in [0, 0.1) is 20.8 Å². The molecular formula is C21H21N3O2S2. The minimum Gasteiger partial charge on any atom is -0.465 e. The molecule has 0 aliphatic carbocycles. The zero-order valence-electron chi connectivity index (χ0n) is 16.1. The standard InChI is InChI=1S/C21H21N3O2S2/c1-12-10-13(2)22-16(11-12)23-21(27)24-19-18(20(25)26-4)17(14(3)28-19)15-8-6-5-7-9-15/h5-11H,1-4H3,(H2,22,23,24,27). The van der Waals surface area contributed by atoms with E-state index in [0.29, 0.717) is 21.5 Å². The minimum absolute atomic E-state index is 0.364. The van der Waals surface area contributed by atoms with Gasteiger partial charge in [0.15, 0.2) is 5.11 Å². The van der Waals surface area contributed by atoms with Crippen LogP contribution in [0.3, 0.4) is 0 Å². The van der Waals surface area contributed by atoms with Gasteiger partial charge in [-0.15, -0.1) is 11.3 Å². The molecule has 5 nitrogen and oxygen atoms in total. The van der Waals surface area contributed by atoms with Crippen LogP contribution in [-0.4, -0.2) is 23.2 Å². The highest BCUT2D eigenvalue weighted by molar-refractivity contribution is 7.80. The Morgan fingerprint density at radius 2 is 1.82 bits per heavy atom. The summed E-state index contributed by atoms with van der Waals surface area (Å²) in [5.41, 5.74) is 4.28. The van der Waals surface area contributed by atoms with Crippen molar-refractivity contribution in [3.63, 3.8) is 0 Å². The number of aromatic nitrogens is 1. The van der Waals surface area contributed by atoms with E-state index >= 15 is 0 Å². The maximum Gasteiger partial charge on any atom is 0.341 e. The van der Waals surface area contributed by atoms with E-state index in [-0.39, 0.29) is 0 Å². The number of esters is 1. The molecule has 0 aliphatic rings. The number of nitrogens with one attached hydrogen (secondary N) is 2. The van der Waals surface area contributed by atoms with Crippen LogP contribution in [0.1, 0.15) is 26.5 Å². The first-order valence-corrected chi connectivity index (χ1v) is 9.92. The maximum absolute atomic E-state index is 12.5. The second kappa shape index (κ2) is 8.50. The molecule has 2 aromatic heterocycles. The average molecular weight is 412 g/mol. The number of carbonyl (C=O) groups excluding carboxylic acids is 1. The first kappa shape index (κ1) is 20.0. The largest absolute Gasteiger partial charge is 0.465 e. The Morgan fingerprint density at radius 1 is 1.11 bits per heavy atom. The third-order valence-electron chi connectivity index (χ3n) is 4.10. The summed E-state index contributed by atoms with van der Waals surface area (Å²) in [6, 6.07) is 13.7. The molecule has 0 saturated heterocycles. The van der Waals surface area contributed by atoms with Gasteiger partial charge in [-0.25, -0.2) is 9.78 Å². The number of thiocarbonyl (C=S) groups is 1. The third-order valence-corrected chi connectivity index (χ3v) is 5.33. The van der Waals surface area contributed by atoms with Crippen LogP contribution in [0.25, 0.3) is 11.1 Å². The lowest BCUT2D eigenvalue weighted by Gasteiger charge is -2.12. The summed E-state index contributed by atoms with van der Waals surface area (Å²) in [6.45, 7) is 5.91. The lowest BCUT2D eigenvalue weighted by Crippen LogP contribution is -2.21. The van der Waals surface area contributed by atoms with Gasteiger partial charge in [-0.2, -0.15) is 0 Å². The minimum atomic E-state index is -0.405. The molecule has 0 unspecified atom stereocenters. The molecule has 7 heteroatoms. The number of pyridine rings is 1. The van der Waals surface area contributed by atoms with Crippen LogP contribution in [-0.2, 0) is 4.74 Å². The second-order valence-corrected chi connectivity index (χ2v) is 7.98. The molecule has 0 aliphatic heterocycles. The van der Waals surface area contributed by atoms with Crippen LogP contribution < -0.4 is 10.6 Å². The van der Waals surface area contributed by atoms with Crippen molar-refractivity contribution in [1.82, 2.24) is 4.98 Å². The van der Waals surface area contributed by atoms with Gasteiger partial charge < -0.3 is 15.4 Å². The number of nitrogens with zero attached hydrogens (tertiary/aromatic N) is 1. The predicted molar refractivity (Wildman–Crippen MR) is 119 cm³/mol. The third kappa shape index (κ3) is 4.37. The smallest absolute Gasteiger partial charge is 0.341 e. The fourth-order valence-electron chi connectivity index (χ4n) is 3.04. The van der Waals surface area contributed by atoms with Gasteiger partial charge in [0.1, 0.15) is 16.4 Å². The van der Waals surface area contributed by atoms with Gasteiger partial charge in [-0.3, -0.25) is 0 Å². The van der Waals surface area contributed by atoms with Crippen molar-refractivity contribution in [2.24, 2.45) is 0 Å². The van der Waals surface area contributed by atoms with Crippen LogP contribution in [0.5, 0.6) is 0 Å². The van der Waals surface area contributed by atoms with Crippen molar-refractivity contribution in [2.45, 2.75) is 20.8 Å². The topological polar surface area (TPSA) is 63.2 Å². The molecule has 0 spiro atoms. The van der Waals surface area contributed by atoms with E-state index in [9.17, 15) is 4.79 Å².